The van der Waals surface area contributed by atoms with Crippen molar-refractivity contribution in [2.24, 2.45) is 5.92 Å². The average molecular weight is 365 g/mol. The molecule has 148 valence electrons. The molecule has 0 spiro atoms. The van der Waals surface area contributed by atoms with Crippen molar-refractivity contribution in [1.29, 1.82) is 0 Å². The maximum atomic E-state index is 10.4. The van der Waals surface area contributed by atoms with Crippen molar-refractivity contribution in [2.45, 2.75) is 33.4 Å². The van der Waals surface area contributed by atoms with Crippen LogP contribution in [0.1, 0.15) is 25.0 Å². The molecule has 1 fully saturated rings. The Morgan fingerprint density at radius 2 is 1.92 bits per heavy atom. The fraction of sp³-hybridized carbons (Fsp3) is 0.714. The quantitative estimate of drug-likeness (QED) is 0.652. The van der Waals surface area contributed by atoms with Gasteiger partial charge in [-0.2, -0.15) is 0 Å². The lowest BCUT2D eigenvalue weighted by Gasteiger charge is -2.31. The maximum absolute atomic E-state index is 10.4. The molecule has 0 saturated carbocycles. The third kappa shape index (κ3) is 8.14. The number of aryl methyl sites for hydroxylation is 1. The van der Waals surface area contributed by atoms with Crippen molar-refractivity contribution in [1.82, 2.24) is 9.80 Å². The van der Waals surface area contributed by atoms with E-state index in [-0.39, 0.29) is 0 Å². The van der Waals surface area contributed by atoms with Crippen LogP contribution < -0.4 is 0 Å². The van der Waals surface area contributed by atoms with E-state index in [0.717, 1.165) is 45.9 Å². The second kappa shape index (κ2) is 11.7. The number of nitrogens with zero attached hydrogens (tertiary/aromatic N) is 2. The predicted octanol–water partition coefficient (Wildman–Crippen LogP) is 2.16. The van der Waals surface area contributed by atoms with E-state index in [4.69, 9.17) is 9.47 Å². The van der Waals surface area contributed by atoms with Crippen LogP contribution in [-0.4, -0.2) is 80.2 Å². The fourth-order valence-corrected chi connectivity index (χ4v) is 3.16. The molecule has 0 aromatic heterocycles. The first-order valence-corrected chi connectivity index (χ1v) is 9.87. The van der Waals surface area contributed by atoms with Gasteiger partial charge in [0.1, 0.15) is 0 Å². The summed E-state index contributed by atoms with van der Waals surface area (Å²) >= 11 is 0. The molecule has 26 heavy (non-hydrogen) atoms. The first kappa shape index (κ1) is 21.3. The SMILES string of the molecule is Cc1ccccc1CN(CCN1CCOCC1)C[C@@H](O)COCC(C)C. The summed E-state index contributed by atoms with van der Waals surface area (Å²) in [7, 11) is 0. The molecule has 0 unspecified atom stereocenters. The zero-order chi connectivity index (χ0) is 18.8. The molecule has 0 amide bonds. The van der Waals surface area contributed by atoms with Crippen molar-refractivity contribution in [2.75, 3.05) is 59.2 Å². The largest absolute Gasteiger partial charge is 0.389 e. The highest BCUT2D eigenvalue weighted by Gasteiger charge is 2.16. The van der Waals surface area contributed by atoms with Crippen LogP contribution in [0.25, 0.3) is 0 Å². The van der Waals surface area contributed by atoms with Crippen molar-refractivity contribution in [3.05, 3.63) is 35.4 Å². The van der Waals surface area contributed by atoms with Crippen molar-refractivity contribution in [3.8, 4) is 0 Å². The highest BCUT2D eigenvalue weighted by Crippen LogP contribution is 2.11. The first-order chi connectivity index (χ1) is 12.5. The minimum Gasteiger partial charge on any atom is -0.389 e. The molecule has 5 heteroatoms. The van der Waals surface area contributed by atoms with Crippen LogP contribution in [0, 0.1) is 12.8 Å². The summed E-state index contributed by atoms with van der Waals surface area (Å²) in [6, 6.07) is 8.49. The maximum Gasteiger partial charge on any atom is 0.0900 e. The molecular formula is C21H36N2O3. The van der Waals surface area contributed by atoms with Gasteiger partial charge in [-0.15, -0.1) is 0 Å². The number of aliphatic hydroxyl groups excluding tert-OH is 1. The second-order valence-electron chi connectivity index (χ2n) is 7.70. The lowest BCUT2D eigenvalue weighted by atomic mass is 10.1. The summed E-state index contributed by atoms with van der Waals surface area (Å²) in [6.45, 7) is 14.6. The van der Waals surface area contributed by atoms with Crippen molar-refractivity contribution in [3.63, 3.8) is 0 Å². The monoisotopic (exact) mass is 364 g/mol. The number of aliphatic hydroxyl groups is 1. The summed E-state index contributed by atoms with van der Waals surface area (Å²) in [6.07, 6.45) is -0.456. The van der Waals surface area contributed by atoms with Crippen LogP contribution >= 0.6 is 0 Å². The molecule has 1 aliphatic rings. The standard InChI is InChI=1S/C21H36N2O3/c1-18(2)16-26-17-21(24)15-23(9-8-22-10-12-25-13-11-22)14-20-7-5-4-6-19(20)3/h4-7,18,21,24H,8-17H2,1-3H3/t21-/m1/s1. The number of morpholine rings is 1. The van der Waals surface area contributed by atoms with E-state index in [1.54, 1.807) is 0 Å². The molecule has 1 saturated heterocycles. The van der Waals surface area contributed by atoms with Gasteiger partial charge in [-0.25, -0.2) is 0 Å². The number of hydrogen-bond acceptors (Lipinski definition) is 5. The Balaban J connectivity index is 1.88. The van der Waals surface area contributed by atoms with Gasteiger partial charge in [-0.3, -0.25) is 9.80 Å². The third-order valence-electron chi connectivity index (χ3n) is 4.72. The van der Waals surface area contributed by atoms with E-state index < -0.39 is 6.10 Å². The topological polar surface area (TPSA) is 45.2 Å². The van der Waals surface area contributed by atoms with Gasteiger partial charge in [0.25, 0.3) is 0 Å². The zero-order valence-electron chi connectivity index (χ0n) is 16.7. The van der Waals surface area contributed by atoms with Crippen LogP contribution in [0.2, 0.25) is 0 Å². The van der Waals surface area contributed by atoms with Gasteiger partial charge in [-0.1, -0.05) is 38.1 Å². The van der Waals surface area contributed by atoms with E-state index in [1.165, 1.54) is 11.1 Å². The van der Waals surface area contributed by atoms with Gasteiger partial charge in [-0.05, 0) is 24.0 Å². The van der Waals surface area contributed by atoms with Gasteiger partial charge >= 0.3 is 0 Å². The predicted molar refractivity (Wildman–Crippen MR) is 105 cm³/mol. The summed E-state index contributed by atoms with van der Waals surface area (Å²) < 4.78 is 11.1. The van der Waals surface area contributed by atoms with Crippen LogP contribution in [0.4, 0.5) is 0 Å². The fourth-order valence-electron chi connectivity index (χ4n) is 3.16. The molecule has 1 heterocycles. The minimum atomic E-state index is -0.456. The van der Waals surface area contributed by atoms with E-state index in [2.05, 4.69) is 54.8 Å². The van der Waals surface area contributed by atoms with Gasteiger partial charge in [0.05, 0.1) is 25.9 Å². The van der Waals surface area contributed by atoms with E-state index in [9.17, 15) is 5.11 Å². The van der Waals surface area contributed by atoms with Gasteiger partial charge in [0, 0.05) is 45.9 Å². The zero-order valence-corrected chi connectivity index (χ0v) is 16.7. The summed E-state index contributed by atoms with van der Waals surface area (Å²) in [4.78, 5) is 4.79. The molecule has 1 aromatic carbocycles. The van der Waals surface area contributed by atoms with Crippen LogP contribution in [0.15, 0.2) is 24.3 Å². The third-order valence-corrected chi connectivity index (χ3v) is 4.72. The Morgan fingerprint density at radius 3 is 2.62 bits per heavy atom. The average Bonchev–Trinajstić information content (AvgIpc) is 2.62. The van der Waals surface area contributed by atoms with Crippen molar-refractivity contribution < 1.29 is 14.6 Å². The van der Waals surface area contributed by atoms with Crippen LogP contribution in [-0.2, 0) is 16.0 Å². The highest BCUT2D eigenvalue weighted by molar-refractivity contribution is 5.25. The molecule has 2 rings (SSSR count). The molecule has 0 bridgehead atoms. The number of rotatable bonds is 11. The smallest absolute Gasteiger partial charge is 0.0900 e. The van der Waals surface area contributed by atoms with E-state index in [1.807, 2.05) is 0 Å². The Labute approximate surface area is 158 Å². The molecule has 0 aliphatic carbocycles. The normalized spacial score (nSPS) is 17.2. The molecule has 1 aromatic rings. The van der Waals surface area contributed by atoms with E-state index in [0.29, 0.717) is 25.7 Å². The lowest BCUT2D eigenvalue weighted by molar-refractivity contribution is 0.000929. The highest BCUT2D eigenvalue weighted by atomic mass is 16.5. The molecule has 5 nitrogen and oxygen atoms in total. The Kier molecular flexibility index (Phi) is 9.57. The number of hydrogen-bond donors (Lipinski definition) is 1. The van der Waals surface area contributed by atoms with Crippen LogP contribution in [0.5, 0.6) is 0 Å². The summed E-state index contributed by atoms with van der Waals surface area (Å²) in [5, 5.41) is 10.4. The van der Waals surface area contributed by atoms with Crippen molar-refractivity contribution >= 4 is 0 Å². The van der Waals surface area contributed by atoms with Crippen LogP contribution in [0.3, 0.4) is 0 Å². The Hall–Kier alpha value is -0.980. The minimum absolute atomic E-state index is 0.403. The van der Waals surface area contributed by atoms with Gasteiger partial charge < -0.3 is 14.6 Å². The first-order valence-electron chi connectivity index (χ1n) is 9.87. The number of benzene rings is 1. The molecule has 1 atom stereocenters. The van der Waals surface area contributed by atoms with E-state index >= 15 is 0 Å². The van der Waals surface area contributed by atoms with Gasteiger partial charge in [0.2, 0.25) is 0 Å². The molecule has 1 aliphatic heterocycles. The lowest BCUT2D eigenvalue weighted by Crippen LogP contribution is -2.43. The molecule has 0 radical (unpaired) electrons. The Morgan fingerprint density at radius 1 is 1.19 bits per heavy atom. The second-order valence-corrected chi connectivity index (χ2v) is 7.70. The Bertz CT molecular complexity index is 504. The summed E-state index contributed by atoms with van der Waals surface area (Å²) in [5.41, 5.74) is 2.62. The molecule has 1 N–H and O–H groups in total. The molecular weight excluding hydrogens is 328 g/mol. The number of ether oxygens (including phenoxy) is 2. The van der Waals surface area contributed by atoms with Gasteiger partial charge in [0.15, 0.2) is 0 Å². The summed E-state index contributed by atoms with van der Waals surface area (Å²) in [5.74, 6) is 0.492.